The zero-order valence-corrected chi connectivity index (χ0v) is 14.0. The molecule has 0 saturated heterocycles. The van der Waals surface area contributed by atoms with Crippen molar-refractivity contribution in [1.82, 2.24) is 9.88 Å². The SMILES string of the molecule is Cc1ccc(NC(=S)N(CCC#N)CCc2ccccn2)cc1. The molecule has 0 unspecified atom stereocenters. The van der Waals surface area contributed by atoms with Crippen LogP contribution in [0.5, 0.6) is 0 Å². The normalized spacial score (nSPS) is 9.91. The summed E-state index contributed by atoms with van der Waals surface area (Å²) in [7, 11) is 0. The highest BCUT2D eigenvalue weighted by Gasteiger charge is 2.10. The summed E-state index contributed by atoms with van der Waals surface area (Å²) in [5, 5.41) is 12.7. The third-order valence-corrected chi connectivity index (χ3v) is 3.81. The van der Waals surface area contributed by atoms with Gasteiger partial charge in [-0.15, -0.1) is 0 Å². The van der Waals surface area contributed by atoms with Crippen molar-refractivity contribution < 1.29 is 0 Å². The maximum Gasteiger partial charge on any atom is 0.173 e. The molecule has 5 heteroatoms. The first-order valence-corrected chi connectivity index (χ1v) is 7.99. The first-order chi connectivity index (χ1) is 11.2. The molecule has 0 spiro atoms. The molecule has 0 atom stereocenters. The fourth-order valence-corrected chi connectivity index (χ4v) is 2.44. The summed E-state index contributed by atoms with van der Waals surface area (Å²) in [4.78, 5) is 6.35. The molecule has 2 rings (SSSR count). The van der Waals surface area contributed by atoms with E-state index < -0.39 is 0 Å². The molecule has 0 bridgehead atoms. The van der Waals surface area contributed by atoms with Gasteiger partial charge in [0.05, 0.1) is 12.5 Å². The van der Waals surface area contributed by atoms with E-state index in [4.69, 9.17) is 17.5 Å². The number of benzene rings is 1. The zero-order valence-electron chi connectivity index (χ0n) is 13.2. The zero-order chi connectivity index (χ0) is 16.5. The lowest BCUT2D eigenvalue weighted by molar-refractivity contribution is 0.436. The number of nitrogens with one attached hydrogen (secondary N) is 1. The van der Waals surface area contributed by atoms with Crippen LogP contribution in [0.25, 0.3) is 0 Å². The molecular formula is C18H20N4S. The fourth-order valence-electron chi connectivity index (χ4n) is 2.13. The molecule has 0 saturated carbocycles. The van der Waals surface area contributed by atoms with Crippen molar-refractivity contribution in [3.8, 4) is 6.07 Å². The van der Waals surface area contributed by atoms with Crippen LogP contribution >= 0.6 is 12.2 Å². The van der Waals surface area contributed by atoms with E-state index in [-0.39, 0.29) is 0 Å². The third-order valence-electron chi connectivity index (χ3n) is 3.45. The summed E-state index contributed by atoms with van der Waals surface area (Å²) in [6.07, 6.45) is 3.03. The van der Waals surface area contributed by atoms with Crippen molar-refractivity contribution in [2.75, 3.05) is 18.4 Å². The Balaban J connectivity index is 1.97. The molecule has 1 aromatic carbocycles. The Morgan fingerprint density at radius 1 is 1.22 bits per heavy atom. The quantitative estimate of drug-likeness (QED) is 0.824. The number of pyridine rings is 1. The van der Waals surface area contributed by atoms with Gasteiger partial charge in [-0.2, -0.15) is 5.26 Å². The van der Waals surface area contributed by atoms with Crippen LogP contribution < -0.4 is 5.32 Å². The van der Waals surface area contributed by atoms with Gasteiger partial charge in [0.25, 0.3) is 0 Å². The second-order valence-corrected chi connectivity index (χ2v) is 5.65. The number of hydrogen-bond donors (Lipinski definition) is 1. The Kier molecular flexibility index (Phi) is 6.52. The van der Waals surface area contributed by atoms with E-state index in [1.165, 1.54) is 5.56 Å². The standard InChI is InChI=1S/C18H20N4S/c1-15-6-8-17(9-7-15)21-18(23)22(13-4-11-19)14-10-16-5-2-3-12-20-16/h2-3,5-9,12H,4,10,13-14H2,1H3,(H,21,23). The Labute approximate surface area is 142 Å². The lowest BCUT2D eigenvalue weighted by Gasteiger charge is -2.25. The number of nitrogens with zero attached hydrogens (tertiary/aromatic N) is 3. The topological polar surface area (TPSA) is 52.0 Å². The van der Waals surface area contributed by atoms with Gasteiger partial charge in [-0.3, -0.25) is 4.98 Å². The van der Waals surface area contributed by atoms with Crippen LogP contribution in [0.3, 0.4) is 0 Å². The van der Waals surface area contributed by atoms with Crippen LogP contribution in [0.2, 0.25) is 0 Å². The average molecular weight is 324 g/mol. The lowest BCUT2D eigenvalue weighted by Crippen LogP contribution is -2.37. The second kappa shape index (κ2) is 8.86. The predicted octanol–water partition coefficient (Wildman–Crippen LogP) is 3.55. The number of nitriles is 1. The van der Waals surface area contributed by atoms with E-state index in [0.29, 0.717) is 18.1 Å². The van der Waals surface area contributed by atoms with Crippen molar-refractivity contribution in [3.05, 3.63) is 59.9 Å². The van der Waals surface area contributed by atoms with Crippen molar-refractivity contribution in [3.63, 3.8) is 0 Å². The van der Waals surface area contributed by atoms with Gasteiger partial charge in [-0.05, 0) is 43.4 Å². The molecule has 0 amide bonds. The molecule has 4 nitrogen and oxygen atoms in total. The molecule has 0 aliphatic heterocycles. The largest absolute Gasteiger partial charge is 0.348 e. The highest BCUT2D eigenvalue weighted by molar-refractivity contribution is 7.80. The number of aryl methyl sites for hydroxylation is 1. The minimum Gasteiger partial charge on any atom is -0.348 e. The molecule has 118 valence electrons. The van der Waals surface area contributed by atoms with E-state index in [9.17, 15) is 0 Å². The highest BCUT2D eigenvalue weighted by Crippen LogP contribution is 2.10. The first-order valence-electron chi connectivity index (χ1n) is 7.58. The smallest absolute Gasteiger partial charge is 0.173 e. The van der Waals surface area contributed by atoms with Gasteiger partial charge in [0.2, 0.25) is 0 Å². The summed E-state index contributed by atoms with van der Waals surface area (Å²) in [5.41, 5.74) is 3.19. The molecule has 23 heavy (non-hydrogen) atoms. The molecule has 1 aromatic heterocycles. The van der Waals surface area contributed by atoms with Gasteiger partial charge in [0.15, 0.2) is 5.11 Å². The van der Waals surface area contributed by atoms with Crippen molar-refractivity contribution in [2.24, 2.45) is 0 Å². The van der Waals surface area contributed by atoms with Crippen molar-refractivity contribution in [1.29, 1.82) is 5.26 Å². The van der Waals surface area contributed by atoms with E-state index in [1.807, 2.05) is 54.3 Å². The van der Waals surface area contributed by atoms with Gasteiger partial charge >= 0.3 is 0 Å². The number of anilines is 1. The maximum absolute atomic E-state index is 8.85. The van der Waals surface area contributed by atoms with Crippen LogP contribution in [0.1, 0.15) is 17.7 Å². The average Bonchev–Trinajstić information content (AvgIpc) is 2.58. The first kappa shape index (κ1) is 16.9. The molecule has 0 aliphatic rings. The lowest BCUT2D eigenvalue weighted by atomic mass is 10.2. The summed E-state index contributed by atoms with van der Waals surface area (Å²) in [6, 6.07) is 16.1. The molecule has 0 radical (unpaired) electrons. The Morgan fingerprint density at radius 2 is 2.00 bits per heavy atom. The van der Waals surface area contributed by atoms with E-state index in [0.717, 1.165) is 24.3 Å². The summed E-state index contributed by atoms with van der Waals surface area (Å²) >= 11 is 5.50. The fraction of sp³-hybridized carbons (Fsp3) is 0.278. The van der Waals surface area contributed by atoms with Crippen LogP contribution in [-0.4, -0.2) is 28.1 Å². The number of hydrogen-bond acceptors (Lipinski definition) is 3. The number of rotatable bonds is 6. The van der Waals surface area contributed by atoms with Gasteiger partial charge in [0, 0.05) is 37.1 Å². The van der Waals surface area contributed by atoms with Crippen LogP contribution in [0.15, 0.2) is 48.7 Å². The Morgan fingerprint density at radius 3 is 2.65 bits per heavy atom. The minimum absolute atomic E-state index is 0.442. The van der Waals surface area contributed by atoms with Crippen LogP contribution in [0.4, 0.5) is 5.69 Å². The van der Waals surface area contributed by atoms with Gasteiger partial charge in [-0.25, -0.2) is 0 Å². The molecule has 1 N–H and O–H groups in total. The van der Waals surface area contributed by atoms with Gasteiger partial charge in [-0.1, -0.05) is 23.8 Å². The monoisotopic (exact) mass is 324 g/mol. The molecule has 0 fully saturated rings. The summed E-state index contributed by atoms with van der Waals surface area (Å²) < 4.78 is 0. The number of thiocarbonyl (C=S) groups is 1. The minimum atomic E-state index is 0.442. The summed E-state index contributed by atoms with van der Waals surface area (Å²) in [5.74, 6) is 0. The van der Waals surface area contributed by atoms with E-state index >= 15 is 0 Å². The van der Waals surface area contributed by atoms with Gasteiger partial charge in [0.1, 0.15) is 0 Å². The van der Waals surface area contributed by atoms with Crippen LogP contribution in [0, 0.1) is 18.3 Å². The molecule has 0 aliphatic carbocycles. The van der Waals surface area contributed by atoms with E-state index in [2.05, 4.69) is 16.4 Å². The van der Waals surface area contributed by atoms with Crippen molar-refractivity contribution in [2.45, 2.75) is 19.8 Å². The Bertz CT molecular complexity index is 662. The maximum atomic E-state index is 8.85. The third kappa shape index (κ3) is 5.68. The second-order valence-electron chi connectivity index (χ2n) is 5.26. The molecule has 2 aromatic rings. The van der Waals surface area contributed by atoms with Crippen LogP contribution in [-0.2, 0) is 6.42 Å². The van der Waals surface area contributed by atoms with E-state index in [1.54, 1.807) is 6.20 Å². The van der Waals surface area contributed by atoms with Crippen molar-refractivity contribution >= 4 is 23.0 Å². The molecule has 1 heterocycles. The highest BCUT2D eigenvalue weighted by atomic mass is 32.1. The Hall–Kier alpha value is -2.45. The molecular weight excluding hydrogens is 304 g/mol. The number of aromatic nitrogens is 1. The van der Waals surface area contributed by atoms with Gasteiger partial charge < -0.3 is 10.2 Å². The summed E-state index contributed by atoms with van der Waals surface area (Å²) in [6.45, 7) is 3.39. The predicted molar refractivity (Wildman–Crippen MR) is 97.1 cm³/mol.